The molecule has 0 radical (unpaired) electrons. The van der Waals surface area contributed by atoms with Crippen LogP contribution in [0.15, 0.2) is 24.3 Å². The molecule has 55 heavy (non-hydrogen) atoms. The van der Waals surface area contributed by atoms with E-state index in [9.17, 15) is 25.1 Å². The number of nitrogens with zero attached hydrogens (tertiary/aromatic N) is 2. The van der Waals surface area contributed by atoms with Crippen LogP contribution in [0.2, 0.25) is 0 Å². The van der Waals surface area contributed by atoms with Crippen LogP contribution in [0, 0.1) is 25.2 Å². The van der Waals surface area contributed by atoms with E-state index in [2.05, 4.69) is 26.6 Å². The van der Waals surface area contributed by atoms with E-state index in [0.717, 1.165) is 27.6 Å². The molecular formula is C40H39N5O9S. The van der Waals surface area contributed by atoms with E-state index < -0.39 is 46.9 Å². The molecule has 8 heterocycles. The number of piperazine rings is 1. The van der Waals surface area contributed by atoms with Crippen molar-refractivity contribution in [3.05, 3.63) is 68.9 Å². The summed E-state index contributed by atoms with van der Waals surface area (Å²) in [7, 11) is 1.53. The van der Waals surface area contributed by atoms with Crippen LogP contribution in [0.5, 0.6) is 34.5 Å². The molecule has 7 aliphatic rings. The Kier molecular flexibility index (Phi) is 7.61. The highest BCUT2D eigenvalue weighted by Crippen LogP contribution is 2.63. The summed E-state index contributed by atoms with van der Waals surface area (Å²) in [5.74, 6) is 0.971. The van der Waals surface area contributed by atoms with E-state index in [1.807, 2.05) is 19.9 Å². The second-order valence-corrected chi connectivity index (χ2v) is 16.3. The minimum atomic E-state index is -1.32. The largest absolute Gasteiger partial charge is 0.508 e. The van der Waals surface area contributed by atoms with Gasteiger partial charge in [0.05, 0.1) is 36.2 Å². The number of aromatic nitrogens is 1. The predicted octanol–water partition coefficient (Wildman–Crippen LogP) is 4.12. The Morgan fingerprint density at radius 2 is 1.93 bits per heavy atom. The zero-order chi connectivity index (χ0) is 38.1. The minimum Gasteiger partial charge on any atom is -0.508 e. The molecule has 2 saturated heterocycles. The van der Waals surface area contributed by atoms with Crippen LogP contribution in [0.3, 0.4) is 0 Å². The first-order valence-electron chi connectivity index (χ1n) is 18.4. The van der Waals surface area contributed by atoms with Crippen LogP contribution >= 0.6 is 11.8 Å². The number of aromatic amines is 1. The summed E-state index contributed by atoms with van der Waals surface area (Å²) in [5.41, 5.74) is 5.39. The number of H-pyrrole nitrogens is 1. The second-order valence-electron chi connectivity index (χ2n) is 15.2. The quantitative estimate of drug-likeness (QED) is 0.145. The first-order valence-corrected chi connectivity index (χ1v) is 19.5. The maximum absolute atomic E-state index is 14.8. The zero-order valence-corrected chi connectivity index (χ0v) is 31.4. The fourth-order valence-electron chi connectivity index (χ4n) is 10.2. The number of hydrogen-bond acceptors (Lipinski definition) is 14. The Balaban J connectivity index is 1.24. The highest BCUT2D eigenvalue weighted by atomic mass is 32.2. The van der Waals surface area contributed by atoms with Crippen LogP contribution in [-0.2, 0) is 32.7 Å². The van der Waals surface area contributed by atoms with Gasteiger partial charge in [-0.2, -0.15) is 5.26 Å². The number of nitrogens with one attached hydrogen (secondary N) is 3. The van der Waals surface area contributed by atoms with Gasteiger partial charge in [0.15, 0.2) is 28.5 Å². The molecule has 1 spiro atoms. The first kappa shape index (κ1) is 34.4. The van der Waals surface area contributed by atoms with E-state index in [1.54, 1.807) is 18.2 Å². The number of methoxy groups -OCH3 is 1. The molecule has 0 amide bonds. The number of hydrogen-bond donors (Lipinski definition) is 5. The molecule has 15 heteroatoms. The molecule has 5 N–H and O–H groups in total. The Hall–Kier alpha value is -5.14. The first-order chi connectivity index (χ1) is 26.6. The van der Waals surface area contributed by atoms with Crippen molar-refractivity contribution in [1.29, 1.82) is 5.26 Å². The Morgan fingerprint density at radius 1 is 1.11 bits per heavy atom. The molecule has 1 aromatic heterocycles. The molecule has 3 aromatic carbocycles. The number of ether oxygens (including phenoxy) is 5. The van der Waals surface area contributed by atoms with Gasteiger partial charge in [-0.15, -0.1) is 11.8 Å². The summed E-state index contributed by atoms with van der Waals surface area (Å²) in [6.45, 7) is 5.34. The second kappa shape index (κ2) is 12.2. The van der Waals surface area contributed by atoms with Crippen LogP contribution in [-0.4, -0.2) is 83.0 Å². The molecule has 7 aliphatic heterocycles. The van der Waals surface area contributed by atoms with E-state index in [1.165, 1.54) is 25.8 Å². The zero-order valence-electron chi connectivity index (χ0n) is 30.6. The van der Waals surface area contributed by atoms with Gasteiger partial charge in [-0.3, -0.25) is 15.0 Å². The number of aromatic hydroxyl groups is 2. The molecule has 4 bridgehead atoms. The van der Waals surface area contributed by atoms with Crippen LogP contribution in [0.1, 0.15) is 68.9 Å². The summed E-state index contributed by atoms with van der Waals surface area (Å²) >= 11 is 1.49. The van der Waals surface area contributed by atoms with Crippen LogP contribution in [0.25, 0.3) is 10.9 Å². The third kappa shape index (κ3) is 4.65. The molecule has 0 saturated carbocycles. The minimum absolute atomic E-state index is 0.0342. The average Bonchev–Trinajstić information content (AvgIpc) is 3.80. The number of benzene rings is 3. The lowest BCUT2D eigenvalue weighted by atomic mass is 9.72. The van der Waals surface area contributed by atoms with Crippen LogP contribution < -0.4 is 29.6 Å². The van der Waals surface area contributed by atoms with Crippen molar-refractivity contribution in [1.82, 2.24) is 20.5 Å². The summed E-state index contributed by atoms with van der Waals surface area (Å²) < 4.78 is 30.5. The maximum Gasteiger partial charge on any atom is 0.333 e. The van der Waals surface area contributed by atoms with Gasteiger partial charge in [-0.05, 0) is 61.6 Å². The van der Waals surface area contributed by atoms with Gasteiger partial charge in [0.2, 0.25) is 6.79 Å². The van der Waals surface area contributed by atoms with E-state index in [4.69, 9.17) is 23.7 Å². The number of aryl methyl sites for hydroxylation is 1. The van der Waals surface area contributed by atoms with Gasteiger partial charge in [-0.1, -0.05) is 6.07 Å². The molecule has 14 nitrogen and oxygen atoms in total. The highest BCUT2D eigenvalue weighted by Gasteiger charge is 2.60. The van der Waals surface area contributed by atoms with Gasteiger partial charge >= 0.3 is 11.9 Å². The number of esters is 2. The van der Waals surface area contributed by atoms with Gasteiger partial charge in [-0.25, -0.2) is 4.79 Å². The van der Waals surface area contributed by atoms with Crippen LogP contribution in [0.4, 0.5) is 0 Å². The summed E-state index contributed by atoms with van der Waals surface area (Å²) in [6.07, 6.45) is 1.09. The van der Waals surface area contributed by atoms with Crippen molar-refractivity contribution >= 4 is 34.6 Å². The lowest BCUT2D eigenvalue weighted by Gasteiger charge is -2.59. The number of fused-ring (bicyclic) bond motifs is 11. The lowest BCUT2D eigenvalue weighted by Crippen LogP contribution is -2.69. The average molecular weight is 766 g/mol. The van der Waals surface area contributed by atoms with Crippen molar-refractivity contribution in [3.8, 4) is 40.6 Å². The number of carbonyl (C=O) groups is 2. The molecule has 0 aliphatic carbocycles. The smallest absolute Gasteiger partial charge is 0.333 e. The van der Waals surface area contributed by atoms with Crippen molar-refractivity contribution in [2.24, 2.45) is 0 Å². The van der Waals surface area contributed by atoms with Crippen molar-refractivity contribution < 1.29 is 43.5 Å². The van der Waals surface area contributed by atoms with E-state index in [-0.39, 0.29) is 36.7 Å². The maximum atomic E-state index is 14.8. The topological polar surface area (TPSA) is 188 Å². The van der Waals surface area contributed by atoms with E-state index in [0.29, 0.717) is 70.3 Å². The van der Waals surface area contributed by atoms with E-state index >= 15 is 0 Å². The van der Waals surface area contributed by atoms with Crippen molar-refractivity contribution in [2.75, 3.05) is 32.8 Å². The number of phenols is 2. The molecule has 11 rings (SSSR count). The van der Waals surface area contributed by atoms with Gasteiger partial charge < -0.3 is 44.2 Å². The third-order valence-corrected chi connectivity index (χ3v) is 13.8. The van der Waals surface area contributed by atoms with Gasteiger partial charge in [0.1, 0.15) is 24.1 Å². The normalized spacial score (nSPS) is 28.7. The Labute approximate surface area is 320 Å². The Bertz CT molecular complexity index is 2410. The van der Waals surface area contributed by atoms with Crippen molar-refractivity contribution in [2.45, 2.75) is 74.6 Å². The standard InChI is InChI=1S/C40H39N5O9S/c1-16-9-19-10-24-25(12-41)45-26-13-51-39(49)40(38-21(7-8-42-40)22-11-20(47)5-6-23(22)44-38)14-55-37(31(45)30(43-24)27(19)32(48)33(16)50-4)29-28(26)36-35(52-15-53-36)17(2)34(29)54-18(3)46/h5-6,9,11,24-26,30-31,37,42-44,47-48H,7-8,10,13-15H2,1-4H3/t24?,25-,26-,30?,31?,37+,40+/m0/s1. The molecular weight excluding hydrogens is 727 g/mol. The molecule has 2 fully saturated rings. The number of carbonyl (C=O) groups excluding carboxylic acids is 2. The molecule has 3 unspecified atom stereocenters. The Morgan fingerprint density at radius 3 is 2.71 bits per heavy atom. The predicted molar refractivity (Wildman–Crippen MR) is 199 cm³/mol. The molecule has 284 valence electrons. The summed E-state index contributed by atoms with van der Waals surface area (Å²) in [6, 6.07) is 6.94. The lowest BCUT2D eigenvalue weighted by molar-refractivity contribution is -0.155. The number of thioether (sulfide) groups is 1. The number of nitriles is 1. The molecule has 7 atom stereocenters. The SMILES string of the molecule is COc1c(C)cc2c(c1O)C1NC(C2)[C@H](C#N)N2C1[C@@H]1SC[C@]3(NCCc4c3[nH]c3ccc(O)cc43)C(=O)OC[C@H]2c2c3c(c(C)c(OC(C)=O)c21)OCO3. The van der Waals surface area contributed by atoms with Gasteiger partial charge in [0, 0.05) is 64.5 Å². The number of phenolic OH excluding ortho intramolecular Hbond substituents is 2. The summed E-state index contributed by atoms with van der Waals surface area (Å²) in [5, 5.41) is 41.0. The fraction of sp³-hybridized carbons (Fsp3) is 0.425. The monoisotopic (exact) mass is 765 g/mol. The molecule has 4 aromatic rings. The number of rotatable bonds is 2. The van der Waals surface area contributed by atoms with Crippen molar-refractivity contribution in [3.63, 3.8) is 0 Å². The highest BCUT2D eigenvalue weighted by molar-refractivity contribution is 7.99. The fourth-order valence-corrected chi connectivity index (χ4v) is 11.9. The third-order valence-electron chi connectivity index (χ3n) is 12.4. The summed E-state index contributed by atoms with van der Waals surface area (Å²) in [4.78, 5) is 33.3. The van der Waals surface area contributed by atoms with Gasteiger partial charge in [0.25, 0.3) is 0 Å².